The van der Waals surface area contributed by atoms with Crippen molar-refractivity contribution in [1.82, 2.24) is 10.2 Å². The van der Waals surface area contributed by atoms with Crippen molar-refractivity contribution in [1.29, 1.82) is 0 Å². The zero-order valence-electron chi connectivity index (χ0n) is 11.4. The molecule has 2 unspecified atom stereocenters. The van der Waals surface area contributed by atoms with E-state index in [2.05, 4.69) is 24.1 Å². The van der Waals surface area contributed by atoms with Gasteiger partial charge in [0.15, 0.2) is 0 Å². The van der Waals surface area contributed by atoms with Crippen molar-refractivity contribution in [2.24, 2.45) is 0 Å². The summed E-state index contributed by atoms with van der Waals surface area (Å²) in [5.41, 5.74) is 0. The fraction of sp³-hybridized carbons (Fsp3) is 0.833. The Morgan fingerprint density at radius 3 is 2.29 bits per heavy atom. The second-order valence-corrected chi connectivity index (χ2v) is 4.12. The average Bonchev–Trinajstić information content (AvgIpc) is 2.31. The molecule has 17 heavy (non-hydrogen) atoms. The lowest BCUT2D eigenvalue weighted by atomic mass is 10.2. The summed E-state index contributed by atoms with van der Waals surface area (Å²) in [7, 11) is 1.33. The smallest absolute Gasteiger partial charge is 0.329 e. The molecule has 0 aromatic carbocycles. The normalized spacial score (nSPS) is 14.2. The summed E-state index contributed by atoms with van der Waals surface area (Å²) in [6, 6.07) is -0.215. The van der Waals surface area contributed by atoms with Gasteiger partial charge in [0.05, 0.1) is 7.11 Å². The maximum atomic E-state index is 11.5. The zero-order chi connectivity index (χ0) is 13.4. The number of likely N-dealkylation sites (N-methyl/N-ethyl adjacent to an activating group) is 1. The zero-order valence-corrected chi connectivity index (χ0v) is 11.4. The summed E-state index contributed by atoms with van der Waals surface area (Å²) in [6.45, 7) is 8.95. The molecule has 0 heterocycles. The number of rotatable bonds is 7. The Morgan fingerprint density at radius 1 is 1.35 bits per heavy atom. The molecule has 0 aliphatic carbocycles. The van der Waals surface area contributed by atoms with E-state index in [1.807, 2.05) is 6.92 Å². The van der Waals surface area contributed by atoms with Crippen molar-refractivity contribution in [2.75, 3.05) is 20.2 Å². The van der Waals surface area contributed by atoms with Crippen LogP contribution in [0.15, 0.2) is 0 Å². The summed E-state index contributed by atoms with van der Waals surface area (Å²) < 4.78 is 4.69. The highest BCUT2D eigenvalue weighted by molar-refractivity contribution is 5.83. The molecule has 0 bridgehead atoms. The third-order valence-corrected chi connectivity index (χ3v) is 2.90. The van der Waals surface area contributed by atoms with Crippen LogP contribution in [-0.4, -0.2) is 49.1 Å². The molecular weight excluding hydrogens is 220 g/mol. The Bertz CT molecular complexity index is 256. The second-order valence-electron chi connectivity index (χ2n) is 4.12. The summed E-state index contributed by atoms with van der Waals surface area (Å²) >= 11 is 0. The molecule has 0 aromatic rings. The Hall–Kier alpha value is -1.10. The first-order chi connectivity index (χ1) is 7.96. The number of methoxy groups -OCH3 is 1. The Labute approximate surface area is 103 Å². The number of esters is 1. The average molecular weight is 244 g/mol. The van der Waals surface area contributed by atoms with Crippen LogP contribution in [-0.2, 0) is 14.3 Å². The highest BCUT2D eigenvalue weighted by Gasteiger charge is 2.24. The molecule has 0 radical (unpaired) electrons. The molecule has 5 nitrogen and oxygen atoms in total. The molecule has 1 N–H and O–H groups in total. The van der Waals surface area contributed by atoms with E-state index in [9.17, 15) is 9.59 Å². The van der Waals surface area contributed by atoms with Gasteiger partial charge in [-0.2, -0.15) is 0 Å². The first kappa shape index (κ1) is 15.9. The number of carbonyl (C=O) groups is 2. The van der Waals surface area contributed by atoms with Gasteiger partial charge in [-0.15, -0.1) is 0 Å². The molecule has 1 amide bonds. The summed E-state index contributed by atoms with van der Waals surface area (Å²) in [5.74, 6) is -0.623. The summed E-state index contributed by atoms with van der Waals surface area (Å²) in [6.07, 6.45) is 1.00. The number of hydrogen-bond acceptors (Lipinski definition) is 4. The molecule has 0 fully saturated rings. The number of carbonyl (C=O) groups excluding carboxylic acids is 2. The first-order valence-electron chi connectivity index (χ1n) is 6.05. The molecule has 0 aromatic heterocycles. The van der Waals surface area contributed by atoms with Crippen LogP contribution in [0.4, 0.5) is 0 Å². The largest absolute Gasteiger partial charge is 0.467 e. The Morgan fingerprint density at radius 2 is 1.94 bits per heavy atom. The molecule has 0 aliphatic rings. The fourth-order valence-electron chi connectivity index (χ4n) is 1.68. The van der Waals surface area contributed by atoms with Gasteiger partial charge in [0.1, 0.15) is 6.04 Å². The van der Waals surface area contributed by atoms with E-state index in [-0.39, 0.29) is 5.91 Å². The minimum absolute atomic E-state index is 0.222. The second kappa shape index (κ2) is 8.06. The SMILES string of the molecule is CCC(C)N(CC)CC(NC(C)=O)C(=O)OC. The molecular formula is C12H24N2O3. The molecule has 0 saturated heterocycles. The number of ether oxygens (including phenoxy) is 1. The van der Waals surface area contributed by atoms with E-state index in [1.54, 1.807) is 0 Å². The lowest BCUT2D eigenvalue weighted by Crippen LogP contribution is -2.50. The standard InChI is InChI=1S/C12H24N2O3/c1-6-9(3)14(7-2)8-11(12(16)17-5)13-10(4)15/h9,11H,6-8H2,1-5H3,(H,13,15). The van der Waals surface area contributed by atoms with Crippen LogP contribution in [0.5, 0.6) is 0 Å². The van der Waals surface area contributed by atoms with Crippen molar-refractivity contribution >= 4 is 11.9 Å². The number of nitrogens with zero attached hydrogens (tertiary/aromatic N) is 1. The van der Waals surface area contributed by atoms with Gasteiger partial charge in [-0.1, -0.05) is 13.8 Å². The van der Waals surface area contributed by atoms with Crippen LogP contribution in [0.2, 0.25) is 0 Å². The minimum Gasteiger partial charge on any atom is -0.467 e. The maximum Gasteiger partial charge on any atom is 0.329 e. The van der Waals surface area contributed by atoms with Crippen LogP contribution in [0, 0.1) is 0 Å². The molecule has 0 spiro atoms. The lowest BCUT2D eigenvalue weighted by molar-refractivity contribution is -0.145. The van der Waals surface area contributed by atoms with Gasteiger partial charge in [-0.25, -0.2) is 4.79 Å². The van der Waals surface area contributed by atoms with Crippen LogP contribution < -0.4 is 5.32 Å². The highest BCUT2D eigenvalue weighted by Crippen LogP contribution is 2.05. The van der Waals surface area contributed by atoms with E-state index in [4.69, 9.17) is 4.74 Å². The van der Waals surface area contributed by atoms with Crippen LogP contribution in [0.1, 0.15) is 34.1 Å². The fourth-order valence-corrected chi connectivity index (χ4v) is 1.68. The van der Waals surface area contributed by atoms with Crippen molar-refractivity contribution < 1.29 is 14.3 Å². The van der Waals surface area contributed by atoms with Gasteiger partial charge in [0.25, 0.3) is 0 Å². The molecule has 2 atom stereocenters. The maximum absolute atomic E-state index is 11.5. The van der Waals surface area contributed by atoms with E-state index < -0.39 is 12.0 Å². The van der Waals surface area contributed by atoms with Gasteiger partial charge < -0.3 is 10.1 Å². The quantitative estimate of drug-likeness (QED) is 0.673. The molecule has 0 aliphatic heterocycles. The Balaban J connectivity index is 4.59. The van der Waals surface area contributed by atoms with Crippen LogP contribution in [0.25, 0.3) is 0 Å². The number of nitrogens with one attached hydrogen (secondary N) is 1. The number of amides is 1. The lowest BCUT2D eigenvalue weighted by Gasteiger charge is -2.30. The predicted molar refractivity (Wildman–Crippen MR) is 66.6 cm³/mol. The van der Waals surface area contributed by atoms with Gasteiger partial charge in [0, 0.05) is 19.5 Å². The molecule has 0 saturated carbocycles. The minimum atomic E-state index is -0.591. The summed E-state index contributed by atoms with van der Waals surface area (Å²) in [5, 5.41) is 2.62. The van der Waals surface area contributed by atoms with E-state index in [0.29, 0.717) is 12.6 Å². The van der Waals surface area contributed by atoms with E-state index in [0.717, 1.165) is 13.0 Å². The molecule has 100 valence electrons. The van der Waals surface area contributed by atoms with Gasteiger partial charge in [-0.05, 0) is 19.9 Å². The molecule has 0 rings (SSSR count). The topological polar surface area (TPSA) is 58.6 Å². The Kier molecular flexibility index (Phi) is 7.54. The van der Waals surface area contributed by atoms with Crippen molar-refractivity contribution in [2.45, 2.75) is 46.2 Å². The van der Waals surface area contributed by atoms with Gasteiger partial charge in [-0.3, -0.25) is 9.69 Å². The predicted octanol–water partition coefficient (Wildman–Crippen LogP) is 0.785. The van der Waals surface area contributed by atoms with Crippen molar-refractivity contribution in [3.05, 3.63) is 0 Å². The van der Waals surface area contributed by atoms with Gasteiger partial charge in [0.2, 0.25) is 5.91 Å². The van der Waals surface area contributed by atoms with Crippen molar-refractivity contribution in [3.63, 3.8) is 0 Å². The van der Waals surface area contributed by atoms with Crippen LogP contribution >= 0.6 is 0 Å². The van der Waals surface area contributed by atoms with E-state index in [1.165, 1.54) is 14.0 Å². The first-order valence-corrected chi connectivity index (χ1v) is 6.05. The third kappa shape index (κ3) is 5.68. The highest BCUT2D eigenvalue weighted by atomic mass is 16.5. The summed E-state index contributed by atoms with van der Waals surface area (Å²) in [4.78, 5) is 24.7. The monoisotopic (exact) mass is 244 g/mol. The van der Waals surface area contributed by atoms with Crippen LogP contribution in [0.3, 0.4) is 0 Å². The van der Waals surface area contributed by atoms with Crippen molar-refractivity contribution in [3.8, 4) is 0 Å². The molecule has 5 heteroatoms. The third-order valence-electron chi connectivity index (χ3n) is 2.90. The number of hydrogen-bond donors (Lipinski definition) is 1. The van der Waals surface area contributed by atoms with E-state index >= 15 is 0 Å². The van der Waals surface area contributed by atoms with Gasteiger partial charge >= 0.3 is 5.97 Å².